The molecule has 0 heterocycles. The van der Waals surface area contributed by atoms with Crippen LogP contribution in [0.5, 0.6) is 11.5 Å². The summed E-state index contributed by atoms with van der Waals surface area (Å²) in [6, 6.07) is 5.28. The van der Waals surface area contributed by atoms with Gasteiger partial charge < -0.3 is 20.5 Å². The van der Waals surface area contributed by atoms with Crippen LogP contribution in [0.15, 0.2) is 18.2 Å². The first-order chi connectivity index (χ1) is 9.56. The minimum atomic E-state index is -0.521. The van der Waals surface area contributed by atoms with Crippen LogP contribution in [-0.4, -0.2) is 26.7 Å². The number of hydrogen-bond donors (Lipinski definition) is 2. The molecule has 120 valence electrons. The summed E-state index contributed by atoms with van der Waals surface area (Å²) in [7, 11) is 3.13. The molecule has 0 fully saturated rings. The van der Waals surface area contributed by atoms with Crippen molar-refractivity contribution >= 4 is 24.0 Å². The molecule has 0 aliphatic rings. The molecule has 5 nitrogen and oxygen atoms in total. The number of ether oxygens (including phenoxy) is 2. The molecular formula is C15H25ClN2O3. The van der Waals surface area contributed by atoms with Gasteiger partial charge in [-0.3, -0.25) is 4.79 Å². The summed E-state index contributed by atoms with van der Waals surface area (Å²) >= 11 is 0. The zero-order valence-electron chi connectivity index (χ0n) is 13.1. The van der Waals surface area contributed by atoms with Gasteiger partial charge >= 0.3 is 0 Å². The summed E-state index contributed by atoms with van der Waals surface area (Å²) in [5.41, 5.74) is 5.93. The summed E-state index contributed by atoms with van der Waals surface area (Å²) in [6.45, 7) is 4.29. The van der Waals surface area contributed by atoms with E-state index in [2.05, 4.69) is 5.32 Å². The van der Waals surface area contributed by atoms with E-state index in [1.54, 1.807) is 32.4 Å². The topological polar surface area (TPSA) is 73.6 Å². The number of carbonyl (C=O) groups excluding carboxylic acids is 1. The second-order valence-corrected chi connectivity index (χ2v) is 4.72. The van der Waals surface area contributed by atoms with Gasteiger partial charge in [0.2, 0.25) is 5.91 Å². The van der Waals surface area contributed by atoms with Gasteiger partial charge in [0.1, 0.15) is 0 Å². The van der Waals surface area contributed by atoms with E-state index in [1.165, 1.54) is 0 Å². The Morgan fingerprint density at radius 2 is 1.76 bits per heavy atom. The van der Waals surface area contributed by atoms with Crippen molar-refractivity contribution in [2.24, 2.45) is 11.1 Å². The molecule has 0 unspecified atom stereocenters. The highest BCUT2D eigenvalue weighted by Gasteiger charge is 2.33. The molecule has 0 aromatic heterocycles. The minimum Gasteiger partial charge on any atom is -0.493 e. The van der Waals surface area contributed by atoms with Crippen LogP contribution in [0.25, 0.3) is 0 Å². The smallest absolute Gasteiger partial charge is 0.231 e. The van der Waals surface area contributed by atoms with Gasteiger partial charge in [0.05, 0.1) is 19.6 Å². The number of methoxy groups -OCH3 is 2. The fourth-order valence-corrected chi connectivity index (χ4v) is 2.13. The summed E-state index contributed by atoms with van der Waals surface area (Å²) in [4.78, 5) is 12.4. The zero-order valence-corrected chi connectivity index (χ0v) is 13.9. The van der Waals surface area contributed by atoms with Gasteiger partial charge in [-0.2, -0.15) is 0 Å². The first kappa shape index (κ1) is 19.5. The first-order valence-electron chi connectivity index (χ1n) is 6.80. The molecule has 0 aliphatic carbocycles. The van der Waals surface area contributed by atoms with E-state index in [1.807, 2.05) is 13.8 Å². The molecular weight excluding hydrogens is 292 g/mol. The van der Waals surface area contributed by atoms with E-state index < -0.39 is 5.41 Å². The van der Waals surface area contributed by atoms with Crippen LogP contribution in [0.4, 0.5) is 5.69 Å². The molecule has 0 radical (unpaired) electrons. The molecule has 1 aromatic carbocycles. The number of rotatable bonds is 7. The standard InChI is InChI=1S/C15H24N2O3.ClH/c1-5-15(6-2,10-16)14(18)17-11-7-8-12(19-3)13(9-11)20-4;/h7-9H,5-6,10,16H2,1-4H3,(H,17,18);1H. The maximum absolute atomic E-state index is 12.4. The Bertz CT molecular complexity index is 454. The molecule has 0 atom stereocenters. The van der Waals surface area contributed by atoms with Crippen LogP contribution in [0, 0.1) is 5.41 Å². The van der Waals surface area contributed by atoms with Gasteiger partial charge in [-0.15, -0.1) is 12.4 Å². The summed E-state index contributed by atoms with van der Waals surface area (Å²) < 4.78 is 10.4. The number of benzene rings is 1. The third-order valence-corrected chi connectivity index (χ3v) is 3.87. The second-order valence-electron chi connectivity index (χ2n) is 4.72. The molecule has 3 N–H and O–H groups in total. The number of carbonyl (C=O) groups is 1. The molecule has 21 heavy (non-hydrogen) atoms. The molecule has 0 spiro atoms. The van der Waals surface area contributed by atoms with Crippen molar-refractivity contribution in [1.82, 2.24) is 0 Å². The predicted octanol–water partition coefficient (Wildman–Crippen LogP) is 2.83. The fourth-order valence-electron chi connectivity index (χ4n) is 2.13. The number of halogens is 1. The molecule has 1 amide bonds. The normalized spacial score (nSPS) is 10.5. The molecule has 1 aromatic rings. The molecule has 0 aliphatic heterocycles. The van der Waals surface area contributed by atoms with Crippen LogP contribution in [-0.2, 0) is 4.79 Å². The Balaban J connectivity index is 0.00000400. The lowest BCUT2D eigenvalue weighted by atomic mass is 9.81. The Labute approximate surface area is 132 Å². The molecule has 0 bridgehead atoms. The van der Waals surface area contributed by atoms with Crippen molar-refractivity contribution in [3.05, 3.63) is 18.2 Å². The maximum atomic E-state index is 12.4. The Morgan fingerprint density at radius 3 is 2.19 bits per heavy atom. The number of anilines is 1. The van der Waals surface area contributed by atoms with Crippen LogP contribution in [0.3, 0.4) is 0 Å². The van der Waals surface area contributed by atoms with E-state index in [9.17, 15) is 4.79 Å². The van der Waals surface area contributed by atoms with Crippen molar-refractivity contribution in [2.45, 2.75) is 26.7 Å². The highest BCUT2D eigenvalue weighted by Crippen LogP contribution is 2.32. The van der Waals surface area contributed by atoms with E-state index in [0.29, 0.717) is 36.6 Å². The SMILES string of the molecule is CCC(CC)(CN)C(=O)Nc1ccc(OC)c(OC)c1.Cl. The third-order valence-electron chi connectivity index (χ3n) is 3.87. The van der Waals surface area contributed by atoms with Crippen LogP contribution < -0.4 is 20.5 Å². The van der Waals surface area contributed by atoms with Gasteiger partial charge in [-0.25, -0.2) is 0 Å². The van der Waals surface area contributed by atoms with Crippen molar-refractivity contribution < 1.29 is 14.3 Å². The zero-order chi connectivity index (χ0) is 15.2. The Hall–Kier alpha value is -1.46. The fraction of sp³-hybridized carbons (Fsp3) is 0.533. The maximum Gasteiger partial charge on any atom is 0.231 e. The largest absolute Gasteiger partial charge is 0.493 e. The van der Waals surface area contributed by atoms with E-state index in [0.717, 1.165) is 0 Å². The van der Waals surface area contributed by atoms with Crippen molar-refractivity contribution in [3.63, 3.8) is 0 Å². The van der Waals surface area contributed by atoms with Gasteiger partial charge in [0.25, 0.3) is 0 Å². The summed E-state index contributed by atoms with van der Waals surface area (Å²) in [5.74, 6) is 1.15. The highest BCUT2D eigenvalue weighted by molar-refractivity contribution is 5.95. The third kappa shape index (κ3) is 4.25. The Morgan fingerprint density at radius 1 is 1.19 bits per heavy atom. The number of nitrogens with one attached hydrogen (secondary N) is 1. The van der Waals surface area contributed by atoms with E-state index in [-0.39, 0.29) is 18.3 Å². The average Bonchev–Trinajstić information content (AvgIpc) is 2.49. The van der Waals surface area contributed by atoms with Crippen molar-refractivity contribution in [1.29, 1.82) is 0 Å². The lowest BCUT2D eigenvalue weighted by Gasteiger charge is -2.28. The second kappa shape index (κ2) is 8.74. The number of nitrogens with two attached hydrogens (primary N) is 1. The van der Waals surface area contributed by atoms with Crippen LogP contribution in [0.2, 0.25) is 0 Å². The summed E-state index contributed by atoms with van der Waals surface area (Å²) in [5, 5.41) is 2.91. The monoisotopic (exact) mass is 316 g/mol. The van der Waals surface area contributed by atoms with Crippen molar-refractivity contribution in [3.8, 4) is 11.5 Å². The van der Waals surface area contributed by atoms with Crippen LogP contribution in [0.1, 0.15) is 26.7 Å². The first-order valence-corrected chi connectivity index (χ1v) is 6.80. The molecule has 0 saturated carbocycles. The van der Waals surface area contributed by atoms with E-state index in [4.69, 9.17) is 15.2 Å². The molecule has 0 saturated heterocycles. The lowest BCUT2D eigenvalue weighted by Crippen LogP contribution is -2.41. The van der Waals surface area contributed by atoms with Crippen LogP contribution >= 0.6 is 12.4 Å². The average molecular weight is 317 g/mol. The number of hydrogen-bond acceptors (Lipinski definition) is 4. The lowest BCUT2D eigenvalue weighted by molar-refractivity contribution is -0.125. The van der Waals surface area contributed by atoms with Gasteiger partial charge in [0.15, 0.2) is 11.5 Å². The molecule has 6 heteroatoms. The summed E-state index contributed by atoms with van der Waals surface area (Å²) in [6.07, 6.45) is 1.41. The van der Waals surface area contributed by atoms with Crippen molar-refractivity contribution in [2.75, 3.05) is 26.1 Å². The van der Waals surface area contributed by atoms with Gasteiger partial charge in [0, 0.05) is 18.3 Å². The highest BCUT2D eigenvalue weighted by atomic mass is 35.5. The van der Waals surface area contributed by atoms with Gasteiger partial charge in [-0.1, -0.05) is 13.8 Å². The predicted molar refractivity (Wildman–Crippen MR) is 87.5 cm³/mol. The van der Waals surface area contributed by atoms with E-state index >= 15 is 0 Å². The Kier molecular flexibility index (Phi) is 8.14. The molecule has 1 rings (SSSR count). The minimum absolute atomic E-state index is 0. The number of amides is 1. The quantitative estimate of drug-likeness (QED) is 0.811. The van der Waals surface area contributed by atoms with Gasteiger partial charge in [-0.05, 0) is 25.0 Å².